The van der Waals surface area contributed by atoms with Crippen LogP contribution in [0.25, 0.3) is 0 Å². The van der Waals surface area contributed by atoms with Gasteiger partial charge in [0.2, 0.25) is 11.8 Å². The molecular formula is C15H24N4O4S. The Kier molecular flexibility index (Phi) is 5.74. The molecule has 0 aromatic carbocycles. The Morgan fingerprint density at radius 3 is 2.71 bits per heavy atom. The van der Waals surface area contributed by atoms with Crippen molar-refractivity contribution in [2.75, 3.05) is 26.4 Å². The van der Waals surface area contributed by atoms with Gasteiger partial charge in [-0.25, -0.2) is 4.79 Å². The van der Waals surface area contributed by atoms with E-state index in [9.17, 15) is 9.59 Å². The van der Waals surface area contributed by atoms with Gasteiger partial charge >= 0.3 is 6.09 Å². The first-order valence-corrected chi connectivity index (χ1v) is 8.82. The van der Waals surface area contributed by atoms with Crippen molar-refractivity contribution in [1.82, 2.24) is 20.0 Å². The van der Waals surface area contributed by atoms with Gasteiger partial charge in [0.1, 0.15) is 11.6 Å². The topological polar surface area (TPSA) is 88.8 Å². The van der Waals surface area contributed by atoms with Gasteiger partial charge < -0.3 is 14.1 Å². The average molecular weight is 356 g/mol. The van der Waals surface area contributed by atoms with Gasteiger partial charge in [-0.05, 0) is 33.6 Å². The zero-order chi connectivity index (χ0) is 17.9. The van der Waals surface area contributed by atoms with Crippen LogP contribution < -0.4 is 0 Å². The summed E-state index contributed by atoms with van der Waals surface area (Å²) in [5.74, 6) is 0.587. The molecule has 0 bridgehead atoms. The number of carbonyl (C=O) groups excluding carboxylic acids is 2. The normalized spacial score (nSPS) is 17.9. The number of carbonyl (C=O) groups is 2. The van der Waals surface area contributed by atoms with Crippen molar-refractivity contribution < 1.29 is 18.7 Å². The Bertz CT molecular complexity index is 597. The summed E-state index contributed by atoms with van der Waals surface area (Å²) >= 11 is 1.19. The summed E-state index contributed by atoms with van der Waals surface area (Å²) in [4.78, 5) is 27.0. The molecule has 1 aliphatic rings. The summed E-state index contributed by atoms with van der Waals surface area (Å²) in [6.07, 6.45) is 1.23. The lowest BCUT2D eigenvalue weighted by atomic mass is 10.2. The number of aromatic nitrogens is 2. The molecular weight excluding hydrogens is 332 g/mol. The van der Waals surface area contributed by atoms with Crippen LogP contribution in [0, 0.1) is 0 Å². The lowest BCUT2D eigenvalue weighted by molar-refractivity contribution is -0.125. The van der Waals surface area contributed by atoms with Gasteiger partial charge in [-0.15, -0.1) is 10.2 Å². The zero-order valence-electron chi connectivity index (χ0n) is 14.7. The molecule has 0 unspecified atom stereocenters. The second-order valence-corrected chi connectivity index (χ2v) is 7.74. The van der Waals surface area contributed by atoms with Crippen molar-refractivity contribution in [3.63, 3.8) is 0 Å². The smallest absolute Gasteiger partial charge is 0.410 e. The molecule has 0 aliphatic carbocycles. The van der Waals surface area contributed by atoms with Crippen molar-refractivity contribution in [1.29, 1.82) is 0 Å². The largest absolute Gasteiger partial charge is 0.444 e. The molecule has 24 heavy (non-hydrogen) atoms. The Labute approximate surface area is 145 Å². The maximum Gasteiger partial charge on any atom is 0.410 e. The molecule has 0 N–H and O–H groups in total. The first-order valence-electron chi connectivity index (χ1n) is 7.83. The molecule has 1 saturated heterocycles. The first kappa shape index (κ1) is 18.6. The Balaban J connectivity index is 2.00. The summed E-state index contributed by atoms with van der Waals surface area (Å²) in [5, 5.41) is 8.33. The summed E-state index contributed by atoms with van der Waals surface area (Å²) < 4.78 is 11.1. The van der Waals surface area contributed by atoms with Gasteiger partial charge in [0.15, 0.2) is 0 Å². The summed E-state index contributed by atoms with van der Waals surface area (Å²) in [5.41, 5.74) is -0.549. The molecule has 0 spiro atoms. The molecule has 1 aromatic rings. The minimum absolute atomic E-state index is 0.0315. The van der Waals surface area contributed by atoms with Crippen molar-refractivity contribution in [2.24, 2.45) is 0 Å². The van der Waals surface area contributed by atoms with E-state index in [-0.39, 0.29) is 23.8 Å². The quantitative estimate of drug-likeness (QED) is 0.765. The van der Waals surface area contributed by atoms with Crippen molar-refractivity contribution >= 4 is 23.8 Å². The standard InChI is InChI=1S/C15H24N4O4S/c1-15(2,3)23-14(21)19-8-6-7-10(19)12-16-17-13(22-12)24-9-11(20)18(4)5/h10H,6-9H2,1-5H3/t10-/m1/s1. The molecule has 0 saturated carbocycles. The lowest BCUT2D eigenvalue weighted by Crippen LogP contribution is -2.36. The van der Waals surface area contributed by atoms with Crippen LogP contribution in [0.3, 0.4) is 0 Å². The highest BCUT2D eigenvalue weighted by Gasteiger charge is 2.36. The molecule has 0 radical (unpaired) electrons. The van der Waals surface area contributed by atoms with Gasteiger partial charge in [-0.1, -0.05) is 11.8 Å². The minimum atomic E-state index is -0.549. The van der Waals surface area contributed by atoms with Crippen LogP contribution in [0.2, 0.25) is 0 Å². The van der Waals surface area contributed by atoms with Crippen LogP contribution >= 0.6 is 11.8 Å². The van der Waals surface area contributed by atoms with Crippen LogP contribution in [-0.2, 0) is 9.53 Å². The highest BCUT2D eigenvalue weighted by molar-refractivity contribution is 7.99. The highest BCUT2D eigenvalue weighted by atomic mass is 32.2. The van der Waals surface area contributed by atoms with Crippen molar-refractivity contribution in [3.8, 4) is 0 Å². The van der Waals surface area contributed by atoms with E-state index in [2.05, 4.69) is 10.2 Å². The third-order valence-electron chi connectivity index (χ3n) is 3.41. The van der Waals surface area contributed by atoms with Crippen LogP contribution in [0.1, 0.15) is 45.5 Å². The van der Waals surface area contributed by atoms with E-state index >= 15 is 0 Å². The number of hydrogen-bond acceptors (Lipinski definition) is 7. The molecule has 1 aromatic heterocycles. The molecule has 1 atom stereocenters. The molecule has 2 amide bonds. The van der Waals surface area contributed by atoms with E-state index in [0.717, 1.165) is 12.8 Å². The summed E-state index contributed by atoms with van der Waals surface area (Å²) in [7, 11) is 3.39. The molecule has 1 fully saturated rings. The van der Waals surface area contributed by atoms with Crippen LogP contribution in [-0.4, -0.2) is 64.0 Å². The highest BCUT2D eigenvalue weighted by Crippen LogP contribution is 2.33. The van der Waals surface area contributed by atoms with E-state index in [1.807, 2.05) is 20.8 Å². The fraction of sp³-hybridized carbons (Fsp3) is 0.733. The fourth-order valence-electron chi connectivity index (χ4n) is 2.23. The molecule has 134 valence electrons. The van der Waals surface area contributed by atoms with E-state index < -0.39 is 5.60 Å². The minimum Gasteiger partial charge on any atom is -0.444 e. The number of likely N-dealkylation sites (tertiary alicyclic amines) is 1. The number of rotatable bonds is 4. The van der Waals surface area contributed by atoms with Gasteiger partial charge in [-0.3, -0.25) is 9.69 Å². The number of hydrogen-bond donors (Lipinski definition) is 0. The molecule has 2 rings (SSSR count). The van der Waals surface area contributed by atoms with Crippen molar-refractivity contribution in [3.05, 3.63) is 5.89 Å². The summed E-state index contributed by atoms with van der Waals surface area (Å²) in [6.45, 7) is 6.10. The van der Waals surface area contributed by atoms with E-state index in [4.69, 9.17) is 9.15 Å². The number of ether oxygens (including phenoxy) is 1. The van der Waals surface area contributed by atoms with Gasteiger partial charge in [0.05, 0.1) is 5.75 Å². The van der Waals surface area contributed by atoms with E-state index in [1.54, 1.807) is 19.0 Å². The Morgan fingerprint density at radius 2 is 2.08 bits per heavy atom. The molecule has 8 nitrogen and oxygen atoms in total. The SMILES string of the molecule is CN(C)C(=O)CSc1nnc([C@H]2CCCN2C(=O)OC(C)(C)C)o1. The predicted octanol–water partition coefficient (Wildman–Crippen LogP) is 2.32. The summed E-state index contributed by atoms with van der Waals surface area (Å²) in [6, 6.07) is -0.272. The number of thioether (sulfide) groups is 1. The van der Waals surface area contributed by atoms with Crippen LogP contribution in [0.4, 0.5) is 4.79 Å². The number of amides is 2. The first-order chi connectivity index (χ1) is 11.2. The second kappa shape index (κ2) is 7.42. The average Bonchev–Trinajstić information content (AvgIpc) is 3.11. The third kappa shape index (κ3) is 4.86. The Morgan fingerprint density at radius 1 is 1.38 bits per heavy atom. The van der Waals surface area contributed by atoms with Gasteiger partial charge in [-0.2, -0.15) is 0 Å². The zero-order valence-corrected chi connectivity index (χ0v) is 15.6. The monoisotopic (exact) mass is 356 g/mol. The van der Waals surface area contributed by atoms with E-state index in [0.29, 0.717) is 17.7 Å². The van der Waals surface area contributed by atoms with E-state index in [1.165, 1.54) is 16.7 Å². The maximum atomic E-state index is 12.3. The van der Waals surface area contributed by atoms with Crippen molar-refractivity contribution in [2.45, 2.75) is 50.5 Å². The Hall–Kier alpha value is -1.77. The van der Waals surface area contributed by atoms with Crippen LogP contribution in [0.5, 0.6) is 0 Å². The maximum absolute atomic E-state index is 12.3. The molecule has 9 heteroatoms. The van der Waals surface area contributed by atoms with Crippen LogP contribution in [0.15, 0.2) is 9.64 Å². The van der Waals surface area contributed by atoms with Gasteiger partial charge in [0.25, 0.3) is 5.22 Å². The number of nitrogens with zero attached hydrogens (tertiary/aromatic N) is 4. The van der Waals surface area contributed by atoms with Gasteiger partial charge in [0, 0.05) is 20.6 Å². The third-order valence-corrected chi connectivity index (χ3v) is 4.21. The fourth-order valence-corrected chi connectivity index (χ4v) is 2.98. The predicted molar refractivity (Wildman–Crippen MR) is 88.6 cm³/mol. The lowest BCUT2D eigenvalue weighted by Gasteiger charge is -2.27. The second-order valence-electron chi connectivity index (χ2n) is 6.81. The molecule has 2 heterocycles. The molecule has 1 aliphatic heterocycles.